The van der Waals surface area contributed by atoms with Crippen LogP contribution in [0.3, 0.4) is 0 Å². The van der Waals surface area contributed by atoms with Gasteiger partial charge >= 0.3 is 130 Å². The van der Waals surface area contributed by atoms with E-state index in [2.05, 4.69) is 70.2 Å². The van der Waals surface area contributed by atoms with Crippen LogP contribution in [0.25, 0.3) is 5.57 Å². The molecule has 0 saturated carbocycles. The van der Waals surface area contributed by atoms with E-state index in [9.17, 15) is 0 Å². The van der Waals surface area contributed by atoms with Gasteiger partial charge in [-0.2, -0.15) is 0 Å². The molecule has 1 unspecified atom stereocenters. The van der Waals surface area contributed by atoms with Crippen molar-refractivity contribution in [3.8, 4) is 0 Å². The van der Waals surface area contributed by atoms with Crippen LogP contribution in [0.1, 0.15) is 48.9 Å². The summed E-state index contributed by atoms with van der Waals surface area (Å²) in [7, 11) is 0. The van der Waals surface area contributed by atoms with E-state index >= 15 is 0 Å². The predicted octanol–water partition coefficient (Wildman–Crippen LogP) is -0.783. The summed E-state index contributed by atoms with van der Waals surface area (Å²) in [5, 5.41) is 0. The second-order valence-electron chi connectivity index (χ2n) is 6.21. The van der Waals surface area contributed by atoms with Crippen molar-refractivity contribution in [1.82, 2.24) is 0 Å². The fourth-order valence-corrected chi connectivity index (χ4v) is 15.6. The maximum Gasteiger partial charge on any atom is -1.00 e. The molecular weight excluding hydrogens is 478 g/mol. The van der Waals surface area contributed by atoms with E-state index in [1.165, 1.54) is 23.1 Å². The number of hydrogen-bond donors (Lipinski definition) is 0. The van der Waals surface area contributed by atoms with Gasteiger partial charge in [-0.15, -0.1) is 0 Å². The van der Waals surface area contributed by atoms with Crippen molar-refractivity contribution >= 4 is 8.83 Å². The fraction of sp³-hybridized carbons (Fsp3) is 0.316. The first-order valence-corrected chi connectivity index (χ1v) is 13.1. The minimum atomic E-state index is -1.94. The van der Waals surface area contributed by atoms with Crippen LogP contribution in [-0.4, -0.2) is 3.26 Å². The molecule has 116 valence electrons. The summed E-state index contributed by atoms with van der Waals surface area (Å²) in [4.78, 5) is 0. The van der Waals surface area contributed by atoms with Crippen molar-refractivity contribution in [2.24, 2.45) is 0 Å². The van der Waals surface area contributed by atoms with Crippen LogP contribution in [0, 0.1) is 0 Å². The molecule has 0 nitrogen and oxygen atoms in total. The quantitative estimate of drug-likeness (QED) is 0.469. The molecule has 3 heteroatoms. The Morgan fingerprint density at radius 3 is 2.32 bits per heavy atom. The molecule has 2 aliphatic rings. The van der Waals surface area contributed by atoms with E-state index in [0.29, 0.717) is 0 Å². The molecule has 0 amide bonds. The van der Waals surface area contributed by atoms with Crippen molar-refractivity contribution in [3.05, 3.63) is 62.5 Å². The Morgan fingerprint density at radius 2 is 1.73 bits per heavy atom. The Bertz CT molecular complexity index is 689. The Morgan fingerprint density at radius 1 is 1.05 bits per heavy atom. The first kappa shape index (κ1) is 19.8. The van der Waals surface area contributed by atoms with Gasteiger partial charge in [0.25, 0.3) is 0 Å². The third kappa shape index (κ3) is 3.63. The molecule has 0 saturated heterocycles. The van der Waals surface area contributed by atoms with Crippen LogP contribution < -0.4 is 24.8 Å². The predicted molar refractivity (Wildman–Crippen MR) is 85.6 cm³/mol. The van der Waals surface area contributed by atoms with E-state index < -0.39 is 21.0 Å². The van der Waals surface area contributed by atoms with Crippen molar-refractivity contribution in [3.63, 3.8) is 0 Å². The Labute approximate surface area is 154 Å². The van der Waals surface area contributed by atoms with Crippen LogP contribution in [-0.2, 0) is 21.0 Å². The van der Waals surface area contributed by atoms with Gasteiger partial charge in [0.2, 0.25) is 0 Å². The average molecular weight is 500 g/mol. The minimum absolute atomic E-state index is 0. The van der Waals surface area contributed by atoms with Crippen molar-refractivity contribution in [2.45, 2.75) is 37.8 Å². The first-order valence-electron chi connectivity index (χ1n) is 7.39. The number of hydrogen-bond acceptors (Lipinski definition) is 0. The number of halogens is 2. The number of rotatable bonds is 2. The largest absolute Gasteiger partial charge is 1.00 e. The van der Waals surface area contributed by atoms with Gasteiger partial charge in [0, 0.05) is 0 Å². The standard InChI is InChI=1S/C10H9.C6H7.C3H6.2ClH.Hf/c1-8-6-7-9-4-2-3-5-10(8)9;1-6-4-2-3-5-6;1-3-2;;;/h2-7H,1H3;2,4H,5H2,1H3;1-2H3;2*1H;/q;;;;;+2/p-2. The molecular formula is C19H22Cl2Hf. The molecule has 0 aliphatic heterocycles. The molecule has 0 heterocycles. The zero-order valence-electron chi connectivity index (χ0n) is 13.6. The Kier molecular flexibility index (Phi) is 7.23. The van der Waals surface area contributed by atoms with E-state index in [-0.39, 0.29) is 24.8 Å². The summed E-state index contributed by atoms with van der Waals surface area (Å²) in [5.41, 5.74) is 6.11. The van der Waals surface area contributed by atoms with Crippen molar-refractivity contribution < 1.29 is 45.8 Å². The van der Waals surface area contributed by atoms with Gasteiger partial charge in [0.15, 0.2) is 0 Å². The molecule has 0 fully saturated rings. The maximum atomic E-state index is 2.56. The second-order valence-corrected chi connectivity index (χ2v) is 17.3. The number of benzene rings is 1. The van der Waals surface area contributed by atoms with Crippen molar-refractivity contribution in [1.29, 1.82) is 0 Å². The average Bonchev–Trinajstić information content (AvgIpc) is 2.96. The molecule has 2 aliphatic carbocycles. The molecule has 22 heavy (non-hydrogen) atoms. The molecule has 1 aromatic carbocycles. The molecule has 0 radical (unpaired) electrons. The summed E-state index contributed by atoms with van der Waals surface area (Å²) in [6.45, 7) is 9.29. The van der Waals surface area contributed by atoms with E-state index in [4.69, 9.17) is 0 Å². The van der Waals surface area contributed by atoms with Gasteiger partial charge < -0.3 is 24.8 Å². The van der Waals surface area contributed by atoms with Gasteiger partial charge in [0.1, 0.15) is 0 Å². The van der Waals surface area contributed by atoms with Gasteiger partial charge in [-0.3, -0.25) is 0 Å². The van der Waals surface area contributed by atoms with Crippen LogP contribution in [0.2, 0.25) is 0 Å². The molecule has 0 aromatic heterocycles. The van der Waals surface area contributed by atoms with Crippen LogP contribution >= 0.6 is 0 Å². The third-order valence-corrected chi connectivity index (χ3v) is 15.9. The van der Waals surface area contributed by atoms with Gasteiger partial charge in [-0.1, -0.05) is 0 Å². The van der Waals surface area contributed by atoms with Crippen LogP contribution in [0.4, 0.5) is 0 Å². The van der Waals surface area contributed by atoms with Gasteiger partial charge in [-0.25, -0.2) is 0 Å². The summed E-state index contributed by atoms with van der Waals surface area (Å²) in [6, 6.07) is 9.03. The zero-order chi connectivity index (χ0) is 14.3. The molecule has 1 aromatic rings. The maximum absolute atomic E-state index is 2.56. The summed E-state index contributed by atoms with van der Waals surface area (Å²) >= 11 is -1.94. The molecule has 0 N–H and O–H groups in total. The van der Waals surface area contributed by atoms with Gasteiger partial charge in [-0.05, 0) is 0 Å². The first-order chi connectivity index (χ1) is 9.58. The third-order valence-electron chi connectivity index (χ3n) is 4.37. The monoisotopic (exact) mass is 500 g/mol. The normalized spacial score (nSPS) is 18.0. The Hall–Kier alpha value is -0.240. The number of fused-ring (bicyclic) bond motifs is 1. The molecule has 0 bridgehead atoms. The SMILES string of the molecule is CC1=CC=[C]([Hf+2](=[C](C)C)[CH]2C=C(C)c3ccccc32)C1.[Cl-].[Cl-]. The van der Waals surface area contributed by atoms with E-state index in [1.807, 2.05) is 0 Å². The topological polar surface area (TPSA) is 0 Å². The number of allylic oxidation sites excluding steroid dienone is 6. The van der Waals surface area contributed by atoms with Crippen molar-refractivity contribution in [2.75, 3.05) is 0 Å². The molecule has 0 spiro atoms. The van der Waals surface area contributed by atoms with Gasteiger partial charge in [0.05, 0.1) is 0 Å². The summed E-state index contributed by atoms with van der Waals surface area (Å²) in [5.74, 6) is 0. The zero-order valence-corrected chi connectivity index (χ0v) is 18.7. The fourth-order valence-electron chi connectivity index (χ4n) is 3.47. The minimum Gasteiger partial charge on any atom is -1.00 e. The smallest absolute Gasteiger partial charge is 1.00 e. The van der Waals surface area contributed by atoms with E-state index in [0.717, 1.165) is 3.67 Å². The van der Waals surface area contributed by atoms with Crippen LogP contribution in [0.15, 0.2) is 51.4 Å². The second kappa shape index (κ2) is 8.04. The molecule has 3 rings (SSSR count). The van der Waals surface area contributed by atoms with Crippen LogP contribution in [0.5, 0.6) is 0 Å². The summed E-state index contributed by atoms with van der Waals surface area (Å²) in [6.07, 6.45) is 8.57. The molecule has 1 atom stereocenters. The summed E-state index contributed by atoms with van der Waals surface area (Å²) < 4.78 is 4.25. The van der Waals surface area contributed by atoms with E-state index in [1.54, 1.807) is 12.1 Å². The Balaban J connectivity index is 0.00000121.